The number of halogens is 3. The number of aromatic carboxylic acids is 1. The van der Waals surface area contributed by atoms with Crippen LogP contribution in [0.5, 0.6) is 0 Å². The standard InChI is InChI=1S/C17H16F3N3O3/c18-17(19,20)13-3-1-2-10(4-13)11-5-14(6-11)22-15(24)9-23-8-12(7-21-23)16(25)26/h1-4,7-8,11,14H,5-6,9H2,(H,22,24)(H,25,26). The van der Waals surface area contributed by atoms with Crippen molar-refractivity contribution in [3.8, 4) is 0 Å². The highest BCUT2D eigenvalue weighted by atomic mass is 19.4. The Hall–Kier alpha value is -2.84. The zero-order valence-corrected chi connectivity index (χ0v) is 13.5. The summed E-state index contributed by atoms with van der Waals surface area (Å²) in [5.41, 5.74) is -0.0649. The van der Waals surface area contributed by atoms with E-state index in [1.54, 1.807) is 6.07 Å². The SMILES string of the molecule is O=C(Cn1cc(C(=O)O)cn1)NC1CC(c2cccc(C(F)(F)F)c2)C1. The highest BCUT2D eigenvalue weighted by molar-refractivity contribution is 5.87. The van der Waals surface area contributed by atoms with Crippen molar-refractivity contribution < 1.29 is 27.9 Å². The Kier molecular flexibility index (Phi) is 4.71. The topological polar surface area (TPSA) is 84.2 Å². The first-order valence-electron chi connectivity index (χ1n) is 7.94. The minimum atomic E-state index is -4.37. The Morgan fingerprint density at radius 1 is 1.31 bits per heavy atom. The van der Waals surface area contributed by atoms with E-state index in [1.165, 1.54) is 16.9 Å². The maximum atomic E-state index is 12.8. The number of carboxylic acids is 1. The molecule has 1 saturated carbocycles. The molecule has 1 aliphatic carbocycles. The van der Waals surface area contributed by atoms with Crippen molar-refractivity contribution in [3.63, 3.8) is 0 Å². The van der Waals surface area contributed by atoms with Gasteiger partial charge < -0.3 is 10.4 Å². The van der Waals surface area contributed by atoms with Gasteiger partial charge in [-0.15, -0.1) is 0 Å². The van der Waals surface area contributed by atoms with Crippen molar-refractivity contribution >= 4 is 11.9 Å². The molecule has 0 atom stereocenters. The second-order valence-electron chi connectivity index (χ2n) is 6.29. The van der Waals surface area contributed by atoms with E-state index in [9.17, 15) is 22.8 Å². The number of amides is 1. The largest absolute Gasteiger partial charge is 0.478 e. The lowest BCUT2D eigenvalue weighted by atomic mass is 9.75. The summed E-state index contributed by atoms with van der Waals surface area (Å²) >= 11 is 0. The van der Waals surface area contributed by atoms with Crippen LogP contribution in [0.1, 0.15) is 40.2 Å². The second-order valence-corrected chi connectivity index (χ2v) is 6.29. The van der Waals surface area contributed by atoms with Gasteiger partial charge in [-0.05, 0) is 30.4 Å². The van der Waals surface area contributed by atoms with E-state index < -0.39 is 17.7 Å². The maximum Gasteiger partial charge on any atom is 0.416 e. The number of carbonyl (C=O) groups excluding carboxylic acids is 1. The van der Waals surface area contributed by atoms with Gasteiger partial charge in [0.15, 0.2) is 0 Å². The van der Waals surface area contributed by atoms with E-state index >= 15 is 0 Å². The van der Waals surface area contributed by atoms with Crippen molar-refractivity contribution in [2.24, 2.45) is 0 Å². The molecule has 1 heterocycles. The third-order valence-corrected chi connectivity index (χ3v) is 4.37. The average molecular weight is 367 g/mol. The first-order valence-corrected chi connectivity index (χ1v) is 7.94. The Labute approximate surface area is 146 Å². The van der Waals surface area contributed by atoms with Gasteiger partial charge in [-0.25, -0.2) is 4.79 Å². The highest BCUT2D eigenvalue weighted by Crippen LogP contribution is 2.39. The number of aromatic nitrogens is 2. The number of alkyl halides is 3. The molecule has 0 unspecified atom stereocenters. The average Bonchev–Trinajstić information content (AvgIpc) is 2.98. The summed E-state index contributed by atoms with van der Waals surface area (Å²) in [6, 6.07) is 5.13. The number of benzene rings is 1. The van der Waals surface area contributed by atoms with E-state index in [1.807, 2.05) is 0 Å². The molecule has 1 aromatic carbocycles. The summed E-state index contributed by atoms with van der Waals surface area (Å²) in [5.74, 6) is -1.47. The zero-order chi connectivity index (χ0) is 18.9. The molecule has 0 saturated heterocycles. The number of rotatable bonds is 5. The van der Waals surface area contributed by atoms with Crippen LogP contribution < -0.4 is 5.32 Å². The van der Waals surface area contributed by atoms with Crippen LogP contribution in [0.15, 0.2) is 36.7 Å². The predicted molar refractivity (Wildman–Crippen MR) is 84.5 cm³/mol. The maximum absolute atomic E-state index is 12.8. The number of hydrogen-bond donors (Lipinski definition) is 2. The summed E-state index contributed by atoms with van der Waals surface area (Å²) in [4.78, 5) is 22.7. The molecule has 0 aliphatic heterocycles. The molecular formula is C17H16F3N3O3. The Bertz CT molecular complexity index is 826. The van der Waals surface area contributed by atoms with Gasteiger partial charge in [0.05, 0.1) is 17.3 Å². The van der Waals surface area contributed by atoms with Crippen LogP contribution in [0.3, 0.4) is 0 Å². The minimum absolute atomic E-state index is 0.00828. The van der Waals surface area contributed by atoms with Crippen molar-refractivity contribution in [2.75, 3.05) is 0 Å². The molecule has 2 aromatic rings. The summed E-state index contributed by atoms with van der Waals surface area (Å²) in [7, 11) is 0. The van der Waals surface area contributed by atoms with Crippen LogP contribution in [0, 0.1) is 0 Å². The number of nitrogens with one attached hydrogen (secondary N) is 1. The number of nitrogens with zero attached hydrogens (tertiary/aromatic N) is 2. The summed E-state index contributed by atoms with van der Waals surface area (Å²) in [5, 5.41) is 15.4. The third-order valence-electron chi connectivity index (χ3n) is 4.37. The van der Waals surface area contributed by atoms with Crippen molar-refractivity contribution in [1.82, 2.24) is 15.1 Å². The number of hydrogen-bond acceptors (Lipinski definition) is 3. The highest BCUT2D eigenvalue weighted by Gasteiger charge is 2.34. The van der Waals surface area contributed by atoms with Crippen LogP contribution >= 0.6 is 0 Å². The van der Waals surface area contributed by atoms with E-state index in [-0.39, 0.29) is 30.0 Å². The van der Waals surface area contributed by atoms with Crippen LogP contribution in [0.2, 0.25) is 0 Å². The Morgan fingerprint density at radius 2 is 2.04 bits per heavy atom. The predicted octanol–water partition coefficient (Wildman–Crippen LogP) is 2.66. The third kappa shape index (κ3) is 4.04. The fourth-order valence-corrected chi connectivity index (χ4v) is 2.96. The van der Waals surface area contributed by atoms with E-state index in [0.29, 0.717) is 18.4 Å². The summed E-state index contributed by atoms with van der Waals surface area (Å²) in [6.45, 7) is -0.113. The van der Waals surface area contributed by atoms with Crippen molar-refractivity contribution in [3.05, 3.63) is 53.3 Å². The molecule has 3 rings (SSSR count). The quantitative estimate of drug-likeness (QED) is 0.851. The molecule has 2 N–H and O–H groups in total. The van der Waals surface area contributed by atoms with Crippen molar-refractivity contribution in [2.45, 2.75) is 37.5 Å². The lowest BCUT2D eigenvalue weighted by molar-refractivity contribution is -0.137. The van der Waals surface area contributed by atoms with Crippen LogP contribution in [0.4, 0.5) is 13.2 Å². The first-order chi connectivity index (χ1) is 12.2. The zero-order valence-electron chi connectivity index (χ0n) is 13.5. The molecule has 9 heteroatoms. The molecule has 0 radical (unpaired) electrons. The summed E-state index contributed by atoms with van der Waals surface area (Å²) in [6.07, 6.45) is -0.832. The van der Waals surface area contributed by atoms with E-state index in [0.717, 1.165) is 18.3 Å². The molecule has 1 aliphatic rings. The molecule has 26 heavy (non-hydrogen) atoms. The first kappa shape index (κ1) is 18.0. The van der Waals surface area contributed by atoms with E-state index in [4.69, 9.17) is 5.11 Å². The lowest BCUT2D eigenvalue weighted by Gasteiger charge is -2.36. The minimum Gasteiger partial charge on any atom is -0.478 e. The summed E-state index contributed by atoms with van der Waals surface area (Å²) < 4.78 is 39.5. The molecule has 1 aromatic heterocycles. The van der Waals surface area contributed by atoms with Gasteiger partial charge in [0.2, 0.25) is 5.91 Å². The van der Waals surface area contributed by atoms with Gasteiger partial charge in [-0.3, -0.25) is 9.48 Å². The smallest absolute Gasteiger partial charge is 0.416 e. The van der Waals surface area contributed by atoms with Gasteiger partial charge >= 0.3 is 12.1 Å². The van der Waals surface area contributed by atoms with Crippen LogP contribution in [-0.4, -0.2) is 32.8 Å². The molecular weight excluding hydrogens is 351 g/mol. The molecule has 6 nitrogen and oxygen atoms in total. The molecule has 138 valence electrons. The van der Waals surface area contributed by atoms with Gasteiger partial charge in [0.1, 0.15) is 6.54 Å². The fraction of sp³-hybridized carbons (Fsp3) is 0.353. The second kappa shape index (κ2) is 6.81. The van der Waals surface area contributed by atoms with Gasteiger partial charge in [0.25, 0.3) is 0 Å². The molecule has 0 bridgehead atoms. The number of carboxylic acid groups (broad SMARTS) is 1. The van der Waals surface area contributed by atoms with Gasteiger partial charge in [0, 0.05) is 12.2 Å². The van der Waals surface area contributed by atoms with Gasteiger partial charge in [-0.2, -0.15) is 18.3 Å². The molecule has 1 fully saturated rings. The van der Waals surface area contributed by atoms with E-state index in [2.05, 4.69) is 10.4 Å². The molecule has 0 spiro atoms. The Balaban J connectivity index is 1.50. The van der Waals surface area contributed by atoms with Gasteiger partial charge in [-0.1, -0.05) is 18.2 Å². The fourth-order valence-electron chi connectivity index (χ4n) is 2.96. The lowest BCUT2D eigenvalue weighted by Crippen LogP contribution is -2.44. The number of carbonyl (C=O) groups is 2. The molecule has 1 amide bonds. The van der Waals surface area contributed by atoms with Crippen LogP contribution in [-0.2, 0) is 17.5 Å². The van der Waals surface area contributed by atoms with Crippen LogP contribution in [0.25, 0.3) is 0 Å². The normalized spacial score (nSPS) is 19.7. The Morgan fingerprint density at radius 3 is 2.65 bits per heavy atom. The van der Waals surface area contributed by atoms with Crippen molar-refractivity contribution in [1.29, 1.82) is 0 Å². The monoisotopic (exact) mass is 367 g/mol.